The van der Waals surface area contributed by atoms with E-state index in [4.69, 9.17) is 32.7 Å². The number of hydrogen-bond donors (Lipinski definition) is 3. The fourth-order valence-corrected chi connectivity index (χ4v) is 5.53. The number of rotatable bonds is 10. The van der Waals surface area contributed by atoms with Gasteiger partial charge in [-0.05, 0) is 48.0 Å². The minimum atomic E-state index is -4.24. The zero-order valence-electron chi connectivity index (χ0n) is 22.2. The molecule has 0 aliphatic heterocycles. The van der Waals surface area contributed by atoms with Crippen molar-refractivity contribution in [2.45, 2.75) is 4.90 Å². The van der Waals surface area contributed by atoms with E-state index in [1.807, 2.05) is 4.72 Å². The van der Waals surface area contributed by atoms with E-state index in [1.165, 1.54) is 32.4 Å². The monoisotopic (exact) mass is 627 g/mol. The number of aromatic nitrogens is 2. The molecule has 0 aliphatic rings. The summed E-state index contributed by atoms with van der Waals surface area (Å²) >= 11 is 13.1. The van der Waals surface area contributed by atoms with Crippen molar-refractivity contribution in [2.75, 3.05) is 24.9 Å². The van der Waals surface area contributed by atoms with Gasteiger partial charge in [-0.25, -0.2) is 23.1 Å². The second-order valence-electron chi connectivity index (χ2n) is 8.45. The second kappa shape index (κ2) is 12.5. The molecule has 0 bridgehead atoms. The number of sulfonamides is 1. The number of fused-ring (bicyclic) bond motifs is 1. The molecule has 3 aromatic carbocycles. The first kappa shape index (κ1) is 30.3. The summed E-state index contributed by atoms with van der Waals surface area (Å²) in [6, 6.07) is 10.7. The van der Waals surface area contributed by atoms with Crippen LogP contribution < -0.4 is 24.8 Å². The van der Waals surface area contributed by atoms with Crippen molar-refractivity contribution >= 4 is 73.3 Å². The topological polar surface area (TPSA) is 149 Å². The minimum absolute atomic E-state index is 0.0733. The van der Waals surface area contributed by atoms with E-state index in [9.17, 15) is 18.0 Å². The van der Waals surface area contributed by atoms with Crippen LogP contribution in [-0.4, -0.2) is 44.4 Å². The summed E-state index contributed by atoms with van der Waals surface area (Å²) in [6.45, 7) is 6.65. The van der Waals surface area contributed by atoms with Gasteiger partial charge in [0.15, 0.2) is 0 Å². The van der Waals surface area contributed by atoms with Crippen LogP contribution in [-0.2, 0) is 19.6 Å². The first-order valence-electron chi connectivity index (χ1n) is 11.9. The van der Waals surface area contributed by atoms with Crippen LogP contribution in [0.15, 0.2) is 78.9 Å². The van der Waals surface area contributed by atoms with Crippen LogP contribution in [0.25, 0.3) is 22.0 Å². The number of halogens is 2. The predicted octanol–water partition coefficient (Wildman–Crippen LogP) is 5.48. The van der Waals surface area contributed by atoms with Gasteiger partial charge in [0.2, 0.25) is 11.9 Å². The minimum Gasteiger partial charge on any atom is -0.495 e. The lowest BCUT2D eigenvalue weighted by Gasteiger charge is -2.15. The van der Waals surface area contributed by atoms with E-state index in [0.717, 1.165) is 12.2 Å². The number of hydrogen-bond acceptors (Lipinski definition) is 9. The molecule has 11 nitrogen and oxygen atoms in total. The average Bonchev–Trinajstić information content (AvgIpc) is 2.97. The molecule has 2 amide bonds. The number of amides is 2. The molecular weight excluding hydrogens is 605 g/mol. The molecule has 1 aromatic heterocycles. The van der Waals surface area contributed by atoms with E-state index in [0.29, 0.717) is 43.6 Å². The zero-order valence-corrected chi connectivity index (χ0v) is 24.5. The standard InChI is InChI=1S/C28H23Cl2N5O6S/c1-5-23(36)32-20-12-17(42(38,39)35-24(37)6-2)8-10-19(20)34-28-31-14-16-11-15(7-9-18(16)33-28)25-26(29)21(40-3)13-22(41-4)27(25)30/h5-14H,1-2H2,3-4H3,(H,32,36)(H,35,37)(H,31,33,34). The van der Waals surface area contributed by atoms with Crippen molar-refractivity contribution in [1.29, 1.82) is 0 Å². The molecule has 14 heteroatoms. The van der Waals surface area contributed by atoms with Crippen molar-refractivity contribution in [1.82, 2.24) is 14.7 Å². The van der Waals surface area contributed by atoms with Gasteiger partial charge in [-0.1, -0.05) is 42.4 Å². The number of methoxy groups -OCH3 is 2. The van der Waals surface area contributed by atoms with Gasteiger partial charge in [0.1, 0.15) is 11.5 Å². The van der Waals surface area contributed by atoms with Crippen LogP contribution in [0.3, 0.4) is 0 Å². The Hall–Kier alpha value is -4.65. The van der Waals surface area contributed by atoms with Crippen molar-refractivity contribution in [3.63, 3.8) is 0 Å². The summed E-state index contributed by atoms with van der Waals surface area (Å²) in [5.74, 6) is -0.563. The molecule has 0 aliphatic carbocycles. The highest BCUT2D eigenvalue weighted by Gasteiger charge is 2.21. The number of anilines is 3. The van der Waals surface area contributed by atoms with Gasteiger partial charge < -0.3 is 20.1 Å². The van der Waals surface area contributed by atoms with Gasteiger partial charge in [-0.3, -0.25) is 9.59 Å². The molecule has 0 saturated carbocycles. The molecule has 1 heterocycles. The average molecular weight is 628 g/mol. The smallest absolute Gasteiger partial charge is 0.264 e. The molecule has 0 saturated heterocycles. The summed E-state index contributed by atoms with van der Waals surface area (Å²) in [5.41, 5.74) is 2.09. The Balaban J connectivity index is 1.71. The largest absolute Gasteiger partial charge is 0.495 e. The molecule has 4 rings (SSSR count). The molecule has 216 valence electrons. The SMILES string of the molecule is C=CC(=O)Nc1cc(S(=O)(=O)NC(=O)C=C)ccc1Nc1ncc2cc(-c3c(Cl)c(OC)cc(OC)c3Cl)ccc2n1. The number of nitrogens with zero attached hydrogens (tertiary/aromatic N) is 2. The Bertz CT molecular complexity index is 1840. The van der Waals surface area contributed by atoms with Crippen molar-refractivity contribution < 1.29 is 27.5 Å². The van der Waals surface area contributed by atoms with E-state index < -0.39 is 21.8 Å². The molecule has 0 unspecified atom stereocenters. The summed E-state index contributed by atoms with van der Waals surface area (Å²) in [7, 11) is -1.26. The Kier molecular flexibility index (Phi) is 9.00. The van der Waals surface area contributed by atoms with Crippen molar-refractivity contribution in [2.24, 2.45) is 0 Å². The van der Waals surface area contributed by atoms with E-state index >= 15 is 0 Å². The number of carbonyl (C=O) groups is 2. The molecule has 4 aromatic rings. The van der Waals surface area contributed by atoms with Gasteiger partial charge in [0, 0.05) is 23.2 Å². The van der Waals surface area contributed by atoms with Crippen LogP contribution in [0, 0.1) is 0 Å². The lowest BCUT2D eigenvalue weighted by atomic mass is 10.0. The fraction of sp³-hybridized carbons (Fsp3) is 0.0714. The molecular formula is C28H23Cl2N5O6S. The highest BCUT2D eigenvalue weighted by Crippen LogP contribution is 2.46. The van der Waals surface area contributed by atoms with Gasteiger partial charge in [0.05, 0.1) is 46.1 Å². The normalized spacial score (nSPS) is 11.0. The second-order valence-corrected chi connectivity index (χ2v) is 10.9. The third kappa shape index (κ3) is 6.30. The Morgan fingerprint density at radius 3 is 2.19 bits per heavy atom. The van der Waals surface area contributed by atoms with Gasteiger partial charge in [-0.15, -0.1) is 0 Å². The maximum Gasteiger partial charge on any atom is 0.264 e. The van der Waals surface area contributed by atoms with Gasteiger partial charge >= 0.3 is 0 Å². The van der Waals surface area contributed by atoms with Crippen LogP contribution in [0.4, 0.5) is 17.3 Å². The number of ether oxygens (including phenoxy) is 2. The maximum absolute atomic E-state index is 12.6. The first-order chi connectivity index (χ1) is 20.0. The zero-order chi connectivity index (χ0) is 30.6. The Morgan fingerprint density at radius 2 is 1.57 bits per heavy atom. The molecule has 0 fully saturated rings. The van der Waals surface area contributed by atoms with E-state index in [-0.39, 0.29) is 22.2 Å². The Labute approximate surface area is 251 Å². The quantitative estimate of drug-likeness (QED) is 0.194. The number of carbonyl (C=O) groups excluding carboxylic acids is 2. The van der Waals surface area contributed by atoms with E-state index in [1.54, 1.807) is 30.5 Å². The Morgan fingerprint density at radius 1 is 0.905 bits per heavy atom. The summed E-state index contributed by atoms with van der Waals surface area (Å²) in [6.07, 6.45) is 3.41. The van der Waals surface area contributed by atoms with Gasteiger partial charge in [-0.2, -0.15) is 0 Å². The lowest BCUT2D eigenvalue weighted by Crippen LogP contribution is -2.29. The van der Waals surface area contributed by atoms with Crippen molar-refractivity contribution in [3.8, 4) is 22.6 Å². The molecule has 42 heavy (non-hydrogen) atoms. The van der Waals surface area contributed by atoms with Crippen LogP contribution in [0.2, 0.25) is 10.0 Å². The summed E-state index contributed by atoms with van der Waals surface area (Å²) in [5, 5.41) is 6.79. The van der Waals surface area contributed by atoms with Crippen LogP contribution >= 0.6 is 23.2 Å². The third-order valence-electron chi connectivity index (χ3n) is 5.85. The highest BCUT2D eigenvalue weighted by atomic mass is 35.5. The number of benzene rings is 3. The predicted molar refractivity (Wildman–Crippen MR) is 162 cm³/mol. The third-order valence-corrected chi connectivity index (χ3v) is 7.95. The number of nitrogens with one attached hydrogen (secondary N) is 3. The summed E-state index contributed by atoms with van der Waals surface area (Å²) < 4.78 is 37.7. The first-order valence-corrected chi connectivity index (χ1v) is 14.2. The lowest BCUT2D eigenvalue weighted by molar-refractivity contribution is -0.115. The van der Waals surface area contributed by atoms with E-state index in [2.05, 4.69) is 33.8 Å². The van der Waals surface area contributed by atoms with Crippen LogP contribution in [0.5, 0.6) is 11.5 Å². The highest BCUT2D eigenvalue weighted by molar-refractivity contribution is 7.90. The van der Waals surface area contributed by atoms with Crippen molar-refractivity contribution in [3.05, 3.63) is 84.0 Å². The molecule has 0 atom stereocenters. The maximum atomic E-state index is 12.6. The molecule has 0 spiro atoms. The summed E-state index contributed by atoms with van der Waals surface area (Å²) in [4.78, 5) is 32.2. The molecule has 3 N–H and O–H groups in total. The van der Waals surface area contributed by atoms with Crippen LogP contribution in [0.1, 0.15) is 0 Å². The van der Waals surface area contributed by atoms with Gasteiger partial charge in [0.25, 0.3) is 15.9 Å². The molecule has 0 radical (unpaired) electrons. The fourth-order valence-electron chi connectivity index (χ4n) is 3.83.